The Balaban J connectivity index is 1.35. The Labute approximate surface area is 133 Å². The molecule has 1 aliphatic heterocycles. The first-order valence-corrected chi connectivity index (χ1v) is 7.96. The lowest BCUT2D eigenvalue weighted by Gasteiger charge is -2.31. The Bertz CT molecular complexity index is 676. The molecule has 1 saturated carbocycles. The lowest BCUT2D eigenvalue weighted by molar-refractivity contribution is 0.0580. The summed E-state index contributed by atoms with van der Waals surface area (Å²) < 4.78 is 11.2. The number of carbonyl (C=O) groups is 1. The van der Waals surface area contributed by atoms with Crippen LogP contribution in [0.25, 0.3) is 0 Å². The van der Waals surface area contributed by atoms with Gasteiger partial charge in [0.05, 0.1) is 6.20 Å². The van der Waals surface area contributed by atoms with Gasteiger partial charge in [0.1, 0.15) is 11.9 Å². The molecular weight excluding hydrogens is 296 g/mol. The van der Waals surface area contributed by atoms with Crippen LogP contribution in [0.15, 0.2) is 29.4 Å². The van der Waals surface area contributed by atoms with Crippen molar-refractivity contribution in [2.75, 3.05) is 13.1 Å². The largest absolute Gasteiger partial charge is 0.473 e. The molecule has 2 aliphatic rings. The number of amides is 1. The smallest absolute Gasteiger partial charge is 0.276 e. The highest BCUT2D eigenvalue weighted by molar-refractivity contribution is 5.93. The highest BCUT2D eigenvalue weighted by Gasteiger charge is 2.35. The molecule has 2 aromatic heterocycles. The van der Waals surface area contributed by atoms with Crippen LogP contribution in [-0.4, -0.2) is 45.0 Å². The second-order valence-electron chi connectivity index (χ2n) is 5.99. The molecule has 0 atom stereocenters. The number of carbonyl (C=O) groups excluding carboxylic acids is 1. The number of hydrogen-bond donors (Lipinski definition) is 0. The fourth-order valence-electron chi connectivity index (χ4n) is 2.89. The fraction of sp³-hybridized carbons (Fsp3) is 0.500. The summed E-state index contributed by atoms with van der Waals surface area (Å²) in [5.74, 6) is 1.64. The number of likely N-dealkylation sites (tertiary alicyclic amines) is 1. The van der Waals surface area contributed by atoms with Gasteiger partial charge in [-0.05, 0) is 12.8 Å². The lowest BCUT2D eigenvalue weighted by Crippen LogP contribution is -2.42. The zero-order chi connectivity index (χ0) is 15.6. The molecule has 1 aliphatic carbocycles. The minimum atomic E-state index is -0.0291. The van der Waals surface area contributed by atoms with Gasteiger partial charge in [0.2, 0.25) is 5.88 Å². The van der Waals surface area contributed by atoms with E-state index in [1.54, 1.807) is 18.6 Å². The molecular formula is C16H18N4O3. The van der Waals surface area contributed by atoms with Gasteiger partial charge < -0.3 is 14.1 Å². The van der Waals surface area contributed by atoms with Crippen molar-refractivity contribution in [3.05, 3.63) is 36.4 Å². The van der Waals surface area contributed by atoms with Crippen LogP contribution in [0.1, 0.15) is 47.8 Å². The highest BCUT2D eigenvalue weighted by atomic mass is 16.5. The van der Waals surface area contributed by atoms with Crippen molar-refractivity contribution in [2.24, 2.45) is 0 Å². The summed E-state index contributed by atoms with van der Waals surface area (Å²) in [5.41, 5.74) is 0.487. The lowest BCUT2D eigenvalue weighted by atomic mass is 10.1. The molecule has 2 aromatic rings. The molecule has 1 saturated heterocycles. The van der Waals surface area contributed by atoms with E-state index in [9.17, 15) is 4.79 Å². The second-order valence-corrected chi connectivity index (χ2v) is 5.99. The summed E-state index contributed by atoms with van der Waals surface area (Å²) in [7, 11) is 0. The number of oxazole rings is 1. The number of ether oxygens (including phenoxy) is 1. The van der Waals surface area contributed by atoms with Gasteiger partial charge in [-0.2, -0.15) is 0 Å². The van der Waals surface area contributed by atoms with Crippen LogP contribution in [-0.2, 0) is 0 Å². The van der Waals surface area contributed by atoms with Gasteiger partial charge in [-0.15, -0.1) is 0 Å². The molecule has 2 fully saturated rings. The number of hydrogen-bond acceptors (Lipinski definition) is 6. The second kappa shape index (κ2) is 5.98. The summed E-state index contributed by atoms with van der Waals surface area (Å²) in [6, 6.07) is 0. The molecule has 23 heavy (non-hydrogen) atoms. The van der Waals surface area contributed by atoms with E-state index in [0.29, 0.717) is 30.6 Å². The van der Waals surface area contributed by atoms with Gasteiger partial charge in [0.15, 0.2) is 12.1 Å². The van der Waals surface area contributed by atoms with Crippen molar-refractivity contribution in [2.45, 2.75) is 37.7 Å². The van der Waals surface area contributed by atoms with Gasteiger partial charge in [0.25, 0.3) is 5.91 Å². The Morgan fingerprint density at radius 2 is 2.00 bits per heavy atom. The number of nitrogens with zero attached hydrogens (tertiary/aromatic N) is 4. The molecule has 0 aromatic carbocycles. The van der Waals surface area contributed by atoms with Crippen molar-refractivity contribution < 1.29 is 13.9 Å². The molecule has 7 nitrogen and oxygen atoms in total. The van der Waals surface area contributed by atoms with Crippen molar-refractivity contribution in [1.82, 2.24) is 19.9 Å². The third-order valence-electron chi connectivity index (χ3n) is 4.30. The van der Waals surface area contributed by atoms with Crippen molar-refractivity contribution >= 4 is 5.91 Å². The number of aromatic nitrogens is 3. The summed E-state index contributed by atoms with van der Waals surface area (Å²) >= 11 is 0. The average molecular weight is 314 g/mol. The van der Waals surface area contributed by atoms with Crippen LogP contribution in [0.4, 0.5) is 0 Å². The molecule has 3 heterocycles. The van der Waals surface area contributed by atoms with E-state index in [2.05, 4.69) is 15.0 Å². The molecule has 0 bridgehead atoms. The molecule has 7 heteroatoms. The van der Waals surface area contributed by atoms with Crippen LogP contribution in [0.3, 0.4) is 0 Å². The van der Waals surface area contributed by atoms with E-state index in [0.717, 1.165) is 31.4 Å². The van der Waals surface area contributed by atoms with Crippen LogP contribution in [0.5, 0.6) is 5.88 Å². The van der Waals surface area contributed by atoms with Crippen LogP contribution < -0.4 is 4.74 Å². The molecule has 0 N–H and O–H groups in total. The van der Waals surface area contributed by atoms with Crippen LogP contribution >= 0.6 is 0 Å². The number of piperidine rings is 1. The predicted molar refractivity (Wildman–Crippen MR) is 80.1 cm³/mol. The molecule has 0 spiro atoms. The summed E-state index contributed by atoms with van der Waals surface area (Å²) in [5, 5.41) is 0. The maximum atomic E-state index is 12.6. The molecule has 1 amide bonds. The van der Waals surface area contributed by atoms with Crippen LogP contribution in [0, 0.1) is 0 Å². The van der Waals surface area contributed by atoms with E-state index < -0.39 is 0 Å². The topological polar surface area (TPSA) is 81.4 Å². The third kappa shape index (κ3) is 3.04. The minimum Gasteiger partial charge on any atom is -0.473 e. The zero-order valence-electron chi connectivity index (χ0n) is 12.7. The SMILES string of the molecule is O=C(c1ncoc1C1CC1)N1CCC(Oc2cnccn2)CC1. The maximum absolute atomic E-state index is 12.6. The van der Waals surface area contributed by atoms with Gasteiger partial charge >= 0.3 is 0 Å². The van der Waals surface area contributed by atoms with Gasteiger partial charge in [-0.3, -0.25) is 9.78 Å². The van der Waals surface area contributed by atoms with E-state index >= 15 is 0 Å². The first-order chi connectivity index (χ1) is 11.3. The van der Waals surface area contributed by atoms with Gasteiger partial charge in [-0.1, -0.05) is 0 Å². The van der Waals surface area contributed by atoms with Gasteiger partial charge in [0, 0.05) is 44.2 Å². The monoisotopic (exact) mass is 314 g/mol. The predicted octanol–water partition coefficient (Wildman–Crippen LogP) is 2.03. The molecule has 0 unspecified atom stereocenters. The van der Waals surface area contributed by atoms with Gasteiger partial charge in [-0.25, -0.2) is 9.97 Å². The standard InChI is InChI=1S/C16H18N4O3/c21-16(14-15(11-1-2-11)22-10-19-14)20-7-3-12(4-8-20)23-13-9-17-5-6-18-13/h5-6,9-12H,1-4,7-8H2. The Morgan fingerprint density at radius 3 is 2.70 bits per heavy atom. The quantitative estimate of drug-likeness (QED) is 0.859. The third-order valence-corrected chi connectivity index (χ3v) is 4.30. The van der Waals surface area contributed by atoms with E-state index in [-0.39, 0.29) is 12.0 Å². The van der Waals surface area contributed by atoms with E-state index in [1.807, 2.05) is 4.90 Å². The van der Waals surface area contributed by atoms with Crippen molar-refractivity contribution in [3.63, 3.8) is 0 Å². The molecule has 0 radical (unpaired) electrons. The number of rotatable bonds is 4. The maximum Gasteiger partial charge on any atom is 0.276 e. The highest BCUT2D eigenvalue weighted by Crippen LogP contribution is 2.41. The summed E-state index contributed by atoms with van der Waals surface area (Å²) in [6.45, 7) is 1.31. The van der Waals surface area contributed by atoms with Crippen molar-refractivity contribution in [3.8, 4) is 5.88 Å². The Hall–Kier alpha value is -2.44. The minimum absolute atomic E-state index is 0.0291. The zero-order valence-corrected chi connectivity index (χ0v) is 12.7. The average Bonchev–Trinajstić information content (AvgIpc) is 3.33. The van der Waals surface area contributed by atoms with Crippen LogP contribution in [0.2, 0.25) is 0 Å². The van der Waals surface area contributed by atoms with Crippen molar-refractivity contribution in [1.29, 1.82) is 0 Å². The first-order valence-electron chi connectivity index (χ1n) is 7.96. The summed E-state index contributed by atoms with van der Waals surface area (Å²) in [6.07, 6.45) is 10.0. The fourth-order valence-corrected chi connectivity index (χ4v) is 2.89. The van der Waals surface area contributed by atoms with E-state index in [4.69, 9.17) is 9.15 Å². The Morgan fingerprint density at radius 1 is 1.17 bits per heavy atom. The first kappa shape index (κ1) is 14.2. The molecule has 4 rings (SSSR count). The Kier molecular flexibility index (Phi) is 3.69. The van der Waals surface area contributed by atoms with E-state index in [1.165, 1.54) is 6.39 Å². The molecule has 120 valence electrons. The normalized spacial score (nSPS) is 18.9. The summed E-state index contributed by atoms with van der Waals surface area (Å²) in [4.78, 5) is 26.7.